The van der Waals surface area contributed by atoms with E-state index in [2.05, 4.69) is 11.9 Å². The predicted octanol–water partition coefficient (Wildman–Crippen LogP) is 2.98. The molecule has 0 saturated carbocycles. The molecule has 1 N–H and O–H groups in total. The number of rotatable bonds is 3. The van der Waals surface area contributed by atoms with Crippen LogP contribution in [0.15, 0.2) is 30.9 Å². The number of nitrogens with one attached hydrogen (secondary N) is 1. The fourth-order valence-electron chi connectivity index (χ4n) is 2.47. The third kappa shape index (κ3) is 3.19. The Hall–Kier alpha value is -1.40. The third-order valence-corrected chi connectivity index (χ3v) is 3.41. The maximum atomic E-state index is 13.4. The van der Waals surface area contributed by atoms with Crippen molar-refractivity contribution in [2.24, 2.45) is 0 Å². The van der Waals surface area contributed by atoms with Crippen LogP contribution in [0.4, 0.5) is 17.6 Å². The lowest BCUT2D eigenvalue weighted by atomic mass is 9.97. The van der Waals surface area contributed by atoms with Gasteiger partial charge in [0, 0.05) is 26.2 Å². The maximum Gasteiger partial charge on any atom is 0.416 e. The maximum absolute atomic E-state index is 13.4. The molecule has 1 heterocycles. The second-order valence-electron chi connectivity index (χ2n) is 4.70. The largest absolute Gasteiger partial charge is 0.416 e. The van der Waals surface area contributed by atoms with Crippen molar-refractivity contribution < 1.29 is 17.6 Å². The summed E-state index contributed by atoms with van der Waals surface area (Å²) in [7, 11) is 0. The lowest BCUT2D eigenvalue weighted by Crippen LogP contribution is -2.45. The van der Waals surface area contributed by atoms with Gasteiger partial charge in [-0.25, -0.2) is 4.39 Å². The van der Waals surface area contributed by atoms with Crippen LogP contribution in [0.2, 0.25) is 0 Å². The van der Waals surface area contributed by atoms with E-state index in [1.54, 1.807) is 0 Å². The zero-order valence-corrected chi connectivity index (χ0v) is 10.9. The minimum absolute atomic E-state index is 0.0746. The number of benzene rings is 1. The summed E-state index contributed by atoms with van der Waals surface area (Å²) < 4.78 is 52.5. The molecule has 1 aliphatic rings. The lowest BCUT2D eigenvalue weighted by molar-refractivity contribution is -0.138. The highest BCUT2D eigenvalue weighted by atomic mass is 19.4. The van der Waals surface area contributed by atoms with Gasteiger partial charge in [0.25, 0.3) is 0 Å². The van der Waals surface area contributed by atoms with Gasteiger partial charge in [-0.05, 0) is 23.8 Å². The number of hydrogen-bond acceptors (Lipinski definition) is 2. The van der Waals surface area contributed by atoms with Crippen molar-refractivity contribution in [3.05, 3.63) is 47.8 Å². The van der Waals surface area contributed by atoms with Crippen molar-refractivity contribution >= 4 is 0 Å². The Morgan fingerprint density at radius 1 is 1.25 bits per heavy atom. The van der Waals surface area contributed by atoms with Gasteiger partial charge in [0.05, 0.1) is 11.6 Å². The molecule has 2 rings (SSSR count). The molecule has 0 amide bonds. The average molecular weight is 288 g/mol. The molecule has 20 heavy (non-hydrogen) atoms. The van der Waals surface area contributed by atoms with Gasteiger partial charge in [0.1, 0.15) is 5.82 Å². The number of alkyl halides is 3. The van der Waals surface area contributed by atoms with Gasteiger partial charge >= 0.3 is 6.18 Å². The van der Waals surface area contributed by atoms with Crippen molar-refractivity contribution in [2.75, 3.05) is 26.2 Å². The number of halogens is 4. The molecule has 0 aliphatic carbocycles. The van der Waals surface area contributed by atoms with Gasteiger partial charge in [-0.15, -0.1) is 6.58 Å². The molecule has 0 unspecified atom stereocenters. The van der Waals surface area contributed by atoms with Gasteiger partial charge in [-0.2, -0.15) is 13.2 Å². The fourth-order valence-corrected chi connectivity index (χ4v) is 2.47. The van der Waals surface area contributed by atoms with Gasteiger partial charge in [-0.1, -0.05) is 6.08 Å². The van der Waals surface area contributed by atoms with E-state index in [0.29, 0.717) is 26.2 Å². The van der Waals surface area contributed by atoms with Gasteiger partial charge < -0.3 is 5.32 Å². The molecule has 1 atom stereocenters. The highest BCUT2D eigenvalue weighted by Crippen LogP contribution is 2.37. The molecule has 2 nitrogen and oxygen atoms in total. The topological polar surface area (TPSA) is 15.3 Å². The first-order chi connectivity index (χ1) is 9.43. The number of nitrogens with zero attached hydrogens (tertiary/aromatic N) is 1. The Morgan fingerprint density at radius 2 is 1.90 bits per heavy atom. The van der Waals surface area contributed by atoms with Crippen LogP contribution in [0.5, 0.6) is 0 Å². The first-order valence-electron chi connectivity index (χ1n) is 6.37. The third-order valence-electron chi connectivity index (χ3n) is 3.41. The Morgan fingerprint density at radius 3 is 2.45 bits per heavy atom. The van der Waals surface area contributed by atoms with E-state index < -0.39 is 23.6 Å². The van der Waals surface area contributed by atoms with Gasteiger partial charge in [0.2, 0.25) is 0 Å². The van der Waals surface area contributed by atoms with Crippen molar-refractivity contribution in [3.63, 3.8) is 0 Å². The molecule has 1 fully saturated rings. The minimum Gasteiger partial charge on any atom is -0.314 e. The first kappa shape index (κ1) is 15.0. The van der Waals surface area contributed by atoms with E-state index in [-0.39, 0.29) is 5.56 Å². The summed E-state index contributed by atoms with van der Waals surface area (Å²) in [4.78, 5) is 1.87. The van der Waals surface area contributed by atoms with Gasteiger partial charge in [0.15, 0.2) is 0 Å². The molecule has 1 saturated heterocycles. The Kier molecular flexibility index (Phi) is 4.45. The van der Waals surface area contributed by atoms with Crippen LogP contribution < -0.4 is 5.32 Å². The van der Waals surface area contributed by atoms with Crippen molar-refractivity contribution in [3.8, 4) is 0 Å². The quantitative estimate of drug-likeness (QED) is 0.679. The summed E-state index contributed by atoms with van der Waals surface area (Å²) in [5.74, 6) is -0.671. The Labute approximate surface area is 115 Å². The molecule has 0 aromatic heterocycles. The van der Waals surface area contributed by atoms with Crippen molar-refractivity contribution in [1.82, 2.24) is 10.2 Å². The molecular formula is C14H16F4N2. The molecule has 0 bridgehead atoms. The Bertz CT molecular complexity index is 479. The van der Waals surface area contributed by atoms with Crippen LogP contribution in [0.25, 0.3) is 0 Å². The van der Waals surface area contributed by atoms with E-state index in [4.69, 9.17) is 0 Å². The monoisotopic (exact) mass is 288 g/mol. The zero-order valence-electron chi connectivity index (χ0n) is 10.9. The normalized spacial score (nSPS) is 18.8. The summed E-state index contributed by atoms with van der Waals surface area (Å²) >= 11 is 0. The summed E-state index contributed by atoms with van der Waals surface area (Å²) in [6.07, 6.45) is -3.06. The van der Waals surface area contributed by atoms with Gasteiger partial charge in [-0.3, -0.25) is 4.90 Å². The average Bonchev–Trinajstić information content (AvgIpc) is 2.39. The van der Waals surface area contributed by atoms with Crippen LogP contribution in [-0.4, -0.2) is 31.1 Å². The fraction of sp³-hybridized carbons (Fsp3) is 0.429. The molecular weight excluding hydrogens is 272 g/mol. The first-order valence-corrected chi connectivity index (χ1v) is 6.37. The van der Waals surface area contributed by atoms with E-state index in [1.807, 2.05) is 4.90 Å². The lowest BCUT2D eigenvalue weighted by Gasteiger charge is -2.34. The second-order valence-corrected chi connectivity index (χ2v) is 4.70. The summed E-state index contributed by atoms with van der Waals surface area (Å²) in [6.45, 7) is 6.21. The predicted molar refractivity (Wildman–Crippen MR) is 68.8 cm³/mol. The number of hydrogen-bond donors (Lipinski definition) is 1. The van der Waals surface area contributed by atoms with E-state index >= 15 is 0 Å². The Balaban J connectivity index is 2.42. The van der Waals surface area contributed by atoms with Crippen LogP contribution in [0.3, 0.4) is 0 Å². The standard InChI is InChI=1S/C14H16F4N2/c1-2-13(20-7-5-19-6-8-20)11-9-10(15)3-4-12(11)14(16,17)18/h2-4,9,13,19H,1,5-8H2/t13-/m1/s1. The molecule has 1 aliphatic heterocycles. The SMILES string of the molecule is C=C[C@H](c1cc(F)ccc1C(F)(F)F)N1CCNCC1. The van der Waals surface area contributed by atoms with Crippen molar-refractivity contribution in [1.29, 1.82) is 0 Å². The van der Waals surface area contributed by atoms with Crippen LogP contribution in [-0.2, 0) is 6.18 Å². The molecule has 1 aromatic carbocycles. The second kappa shape index (κ2) is 5.93. The molecule has 0 radical (unpaired) electrons. The highest BCUT2D eigenvalue weighted by molar-refractivity contribution is 5.35. The summed E-state index contributed by atoms with van der Waals surface area (Å²) in [5.41, 5.74) is -0.878. The minimum atomic E-state index is -4.50. The van der Waals surface area contributed by atoms with Crippen LogP contribution >= 0.6 is 0 Å². The smallest absolute Gasteiger partial charge is 0.314 e. The summed E-state index contributed by atoms with van der Waals surface area (Å²) in [5, 5.41) is 3.13. The number of piperazine rings is 1. The molecule has 110 valence electrons. The van der Waals surface area contributed by atoms with E-state index in [9.17, 15) is 17.6 Å². The van der Waals surface area contributed by atoms with Crippen LogP contribution in [0.1, 0.15) is 17.2 Å². The molecule has 0 spiro atoms. The summed E-state index contributed by atoms with van der Waals surface area (Å²) in [6, 6.07) is 1.95. The van der Waals surface area contributed by atoms with Crippen LogP contribution in [0, 0.1) is 5.82 Å². The van der Waals surface area contributed by atoms with E-state index in [0.717, 1.165) is 18.2 Å². The highest BCUT2D eigenvalue weighted by Gasteiger charge is 2.36. The molecule has 6 heteroatoms. The van der Waals surface area contributed by atoms with Crippen molar-refractivity contribution in [2.45, 2.75) is 12.2 Å². The van der Waals surface area contributed by atoms with E-state index in [1.165, 1.54) is 6.08 Å². The molecule has 1 aromatic rings. The zero-order chi connectivity index (χ0) is 14.8.